The first kappa shape index (κ1) is 27.1. The first-order valence-corrected chi connectivity index (χ1v) is 13.9. The molecule has 0 saturated carbocycles. The van der Waals surface area contributed by atoms with Gasteiger partial charge in [-0.1, -0.05) is 51.2 Å². The summed E-state index contributed by atoms with van der Waals surface area (Å²) in [6.45, 7) is 8.61. The number of hydrogen-bond donors (Lipinski definition) is 2. The van der Waals surface area contributed by atoms with Gasteiger partial charge in [-0.2, -0.15) is 0 Å². The molecular weight excluding hydrogens is 458 g/mol. The number of carbonyl (C=O) groups excluding carboxylic acids is 1. The zero-order valence-corrected chi connectivity index (χ0v) is 21.8. The van der Waals surface area contributed by atoms with E-state index in [0.29, 0.717) is 29.3 Å². The van der Waals surface area contributed by atoms with Gasteiger partial charge in [-0.3, -0.25) is 4.72 Å². The maximum absolute atomic E-state index is 12.8. The average molecular weight is 496 g/mol. The Hall–Kier alpha value is -2.13. The SMILES string of the molecule is CCCCCCCCS(=O)(=O)Nc1cccc(C2NC(=S)N(CC)C(C)=C2C(=O)OCC)c1. The summed E-state index contributed by atoms with van der Waals surface area (Å²) >= 11 is 5.51. The van der Waals surface area contributed by atoms with Crippen molar-refractivity contribution in [3.63, 3.8) is 0 Å². The average Bonchev–Trinajstić information content (AvgIpc) is 2.76. The zero-order chi connectivity index (χ0) is 24.4. The van der Waals surface area contributed by atoms with E-state index in [1.165, 1.54) is 12.8 Å². The van der Waals surface area contributed by atoms with Crippen LogP contribution >= 0.6 is 12.2 Å². The molecule has 1 aliphatic heterocycles. The number of nitrogens with one attached hydrogen (secondary N) is 2. The summed E-state index contributed by atoms with van der Waals surface area (Å²) < 4.78 is 33.1. The molecule has 2 rings (SSSR count). The van der Waals surface area contributed by atoms with Crippen molar-refractivity contribution in [3.05, 3.63) is 41.1 Å². The maximum atomic E-state index is 12.8. The van der Waals surface area contributed by atoms with Crippen molar-refractivity contribution < 1.29 is 17.9 Å². The number of carbonyl (C=O) groups is 1. The van der Waals surface area contributed by atoms with Gasteiger partial charge in [0.05, 0.1) is 24.0 Å². The summed E-state index contributed by atoms with van der Waals surface area (Å²) in [6.07, 6.45) is 6.11. The second-order valence-electron chi connectivity index (χ2n) is 8.16. The second kappa shape index (κ2) is 12.9. The topological polar surface area (TPSA) is 87.7 Å². The van der Waals surface area contributed by atoms with Crippen LogP contribution in [-0.2, 0) is 19.6 Å². The third kappa shape index (κ3) is 7.71. The number of esters is 1. The Kier molecular flexibility index (Phi) is 10.6. The highest BCUT2D eigenvalue weighted by atomic mass is 32.2. The lowest BCUT2D eigenvalue weighted by Gasteiger charge is -2.37. The second-order valence-corrected chi connectivity index (χ2v) is 10.4. The lowest BCUT2D eigenvalue weighted by Crippen LogP contribution is -2.47. The van der Waals surface area contributed by atoms with Gasteiger partial charge < -0.3 is 15.0 Å². The molecule has 1 atom stereocenters. The third-order valence-electron chi connectivity index (χ3n) is 5.67. The number of allylic oxidation sites excluding steroid dienone is 1. The van der Waals surface area contributed by atoms with Crippen LogP contribution in [0.2, 0.25) is 0 Å². The van der Waals surface area contributed by atoms with E-state index in [9.17, 15) is 13.2 Å². The van der Waals surface area contributed by atoms with Gasteiger partial charge in [0.1, 0.15) is 0 Å². The van der Waals surface area contributed by atoms with Crippen molar-refractivity contribution >= 4 is 39.0 Å². The summed E-state index contributed by atoms with van der Waals surface area (Å²) in [4.78, 5) is 14.6. The molecule has 0 saturated heterocycles. The number of anilines is 1. The van der Waals surface area contributed by atoms with E-state index in [1.807, 2.05) is 24.8 Å². The molecule has 1 unspecified atom stereocenters. The lowest BCUT2D eigenvalue weighted by atomic mass is 9.94. The van der Waals surface area contributed by atoms with Crippen molar-refractivity contribution in [2.24, 2.45) is 0 Å². The highest BCUT2D eigenvalue weighted by Gasteiger charge is 2.34. The van der Waals surface area contributed by atoms with E-state index in [1.54, 1.807) is 25.1 Å². The number of hydrogen-bond acceptors (Lipinski definition) is 5. The molecule has 2 N–H and O–H groups in total. The summed E-state index contributed by atoms with van der Waals surface area (Å²) in [5.41, 5.74) is 2.40. The van der Waals surface area contributed by atoms with Crippen LogP contribution in [0.15, 0.2) is 35.5 Å². The quantitative estimate of drug-likeness (QED) is 0.229. The number of benzene rings is 1. The van der Waals surface area contributed by atoms with Gasteiger partial charge in [-0.25, -0.2) is 13.2 Å². The molecule has 7 nitrogen and oxygen atoms in total. The monoisotopic (exact) mass is 495 g/mol. The molecule has 0 spiro atoms. The van der Waals surface area contributed by atoms with E-state index in [0.717, 1.165) is 30.5 Å². The Bertz CT molecular complexity index is 960. The molecule has 0 amide bonds. The zero-order valence-electron chi connectivity index (χ0n) is 20.1. The molecule has 0 radical (unpaired) electrons. The van der Waals surface area contributed by atoms with Gasteiger partial charge in [0, 0.05) is 17.9 Å². The number of sulfonamides is 1. The number of nitrogens with zero attached hydrogens (tertiary/aromatic N) is 1. The van der Waals surface area contributed by atoms with E-state index in [-0.39, 0.29) is 12.4 Å². The van der Waals surface area contributed by atoms with Gasteiger partial charge >= 0.3 is 5.97 Å². The van der Waals surface area contributed by atoms with Gasteiger partial charge in [-0.15, -0.1) is 0 Å². The van der Waals surface area contributed by atoms with Crippen LogP contribution in [0.1, 0.15) is 77.8 Å². The number of unbranched alkanes of at least 4 members (excludes halogenated alkanes) is 5. The first-order valence-electron chi connectivity index (χ1n) is 11.8. The van der Waals surface area contributed by atoms with Gasteiger partial charge in [0.2, 0.25) is 10.0 Å². The standard InChI is InChI=1S/C24H37N3O4S2/c1-5-8-9-10-11-12-16-33(29,30)26-20-15-13-14-19(17-20)22-21(23(28)31-7-3)18(4)27(6-2)24(32)25-22/h13-15,17,22,26H,5-12,16H2,1-4H3,(H,25,32). The van der Waals surface area contributed by atoms with Crippen molar-refractivity contribution in [1.29, 1.82) is 0 Å². The smallest absolute Gasteiger partial charge is 0.338 e. The Morgan fingerprint density at radius 3 is 2.52 bits per heavy atom. The molecule has 33 heavy (non-hydrogen) atoms. The van der Waals surface area contributed by atoms with Gasteiger partial charge in [0.15, 0.2) is 5.11 Å². The highest BCUT2D eigenvalue weighted by molar-refractivity contribution is 7.92. The Morgan fingerprint density at radius 1 is 1.15 bits per heavy atom. The normalized spacial score (nSPS) is 16.5. The number of ether oxygens (including phenoxy) is 1. The molecule has 1 aromatic rings. The Labute approximate surface area is 204 Å². The van der Waals surface area contributed by atoms with Crippen LogP contribution in [0.25, 0.3) is 0 Å². The Morgan fingerprint density at radius 2 is 1.85 bits per heavy atom. The Balaban J connectivity index is 2.20. The van der Waals surface area contributed by atoms with Gasteiger partial charge in [0.25, 0.3) is 0 Å². The van der Waals surface area contributed by atoms with Crippen LogP contribution < -0.4 is 10.0 Å². The third-order valence-corrected chi connectivity index (χ3v) is 7.38. The fourth-order valence-electron chi connectivity index (χ4n) is 3.97. The van der Waals surface area contributed by atoms with Crippen LogP contribution in [-0.4, -0.2) is 43.3 Å². The molecule has 0 fully saturated rings. The minimum atomic E-state index is -3.46. The van der Waals surface area contributed by atoms with E-state index < -0.39 is 22.0 Å². The lowest BCUT2D eigenvalue weighted by molar-refractivity contribution is -0.139. The van der Waals surface area contributed by atoms with Crippen molar-refractivity contribution in [3.8, 4) is 0 Å². The number of thiocarbonyl (C=S) groups is 1. The van der Waals surface area contributed by atoms with E-state index in [2.05, 4.69) is 17.0 Å². The molecule has 1 aromatic carbocycles. The van der Waals surface area contributed by atoms with Gasteiger partial charge in [-0.05, 0) is 57.1 Å². The molecular formula is C24H37N3O4S2. The van der Waals surface area contributed by atoms with Crippen molar-refractivity contribution in [2.75, 3.05) is 23.6 Å². The molecule has 0 bridgehead atoms. The molecule has 0 aromatic heterocycles. The molecule has 1 heterocycles. The fraction of sp³-hybridized carbons (Fsp3) is 0.583. The fourth-order valence-corrected chi connectivity index (χ4v) is 5.53. The summed E-state index contributed by atoms with van der Waals surface area (Å²) in [5.74, 6) is -0.323. The summed E-state index contributed by atoms with van der Waals surface area (Å²) in [6, 6.07) is 6.55. The minimum Gasteiger partial charge on any atom is -0.463 e. The predicted molar refractivity (Wildman–Crippen MR) is 137 cm³/mol. The van der Waals surface area contributed by atoms with Crippen molar-refractivity contribution in [2.45, 2.75) is 72.3 Å². The predicted octanol–water partition coefficient (Wildman–Crippen LogP) is 4.88. The minimum absolute atomic E-state index is 0.0909. The molecule has 1 aliphatic rings. The van der Waals surface area contributed by atoms with Crippen molar-refractivity contribution in [1.82, 2.24) is 10.2 Å². The summed E-state index contributed by atoms with van der Waals surface area (Å²) in [7, 11) is -3.46. The molecule has 184 valence electrons. The highest BCUT2D eigenvalue weighted by Crippen LogP contribution is 2.32. The molecule has 9 heteroatoms. The van der Waals surface area contributed by atoms with E-state index in [4.69, 9.17) is 17.0 Å². The number of rotatable bonds is 13. The van der Waals surface area contributed by atoms with E-state index >= 15 is 0 Å². The van der Waals surface area contributed by atoms with Crippen LogP contribution in [0, 0.1) is 0 Å². The molecule has 0 aliphatic carbocycles. The summed E-state index contributed by atoms with van der Waals surface area (Å²) in [5, 5.41) is 3.74. The van der Waals surface area contributed by atoms with Crippen LogP contribution in [0.5, 0.6) is 0 Å². The van der Waals surface area contributed by atoms with Crippen LogP contribution in [0.3, 0.4) is 0 Å². The largest absolute Gasteiger partial charge is 0.463 e. The maximum Gasteiger partial charge on any atom is 0.338 e. The van der Waals surface area contributed by atoms with Crippen LogP contribution in [0.4, 0.5) is 5.69 Å². The first-order chi connectivity index (χ1) is 15.7.